The summed E-state index contributed by atoms with van der Waals surface area (Å²) in [4.78, 5) is 40.3. The molecule has 6 heteroatoms. The second kappa shape index (κ2) is 7.25. The number of benzene rings is 1. The summed E-state index contributed by atoms with van der Waals surface area (Å²) in [5.41, 5.74) is 3.26. The molecule has 1 heterocycles. The van der Waals surface area contributed by atoms with Crippen molar-refractivity contribution in [1.82, 2.24) is 15.1 Å². The third-order valence-electron chi connectivity index (χ3n) is 5.22. The van der Waals surface area contributed by atoms with Crippen LogP contribution in [0.5, 0.6) is 0 Å². The van der Waals surface area contributed by atoms with E-state index in [0.717, 1.165) is 19.3 Å². The molecule has 1 atom stereocenters. The Bertz CT molecular complexity index is 701. The van der Waals surface area contributed by atoms with E-state index in [4.69, 9.17) is 0 Å². The second-order valence-corrected chi connectivity index (χ2v) is 6.86. The zero-order valence-corrected chi connectivity index (χ0v) is 14.9. The molecule has 25 heavy (non-hydrogen) atoms. The van der Waals surface area contributed by atoms with Crippen molar-refractivity contribution >= 4 is 17.7 Å². The van der Waals surface area contributed by atoms with Crippen molar-refractivity contribution in [3.63, 3.8) is 0 Å². The number of hydrogen-bond donors (Lipinski definition) is 1. The highest BCUT2D eigenvalue weighted by Gasteiger charge is 2.31. The summed E-state index contributed by atoms with van der Waals surface area (Å²) in [6.45, 7) is 3.09. The Labute approximate surface area is 148 Å². The van der Waals surface area contributed by atoms with Gasteiger partial charge in [0, 0.05) is 45.7 Å². The van der Waals surface area contributed by atoms with Crippen LogP contribution in [0.3, 0.4) is 0 Å². The van der Waals surface area contributed by atoms with Crippen LogP contribution in [-0.4, -0.2) is 60.7 Å². The predicted molar refractivity (Wildman–Crippen MR) is 94.2 cm³/mol. The van der Waals surface area contributed by atoms with Crippen LogP contribution in [-0.2, 0) is 22.4 Å². The number of carbonyl (C=O) groups excluding carboxylic acids is 3. The van der Waals surface area contributed by atoms with Crippen molar-refractivity contribution in [2.75, 3.05) is 33.2 Å². The molecule has 6 nitrogen and oxygen atoms in total. The van der Waals surface area contributed by atoms with Gasteiger partial charge in [-0.05, 0) is 42.5 Å². The van der Waals surface area contributed by atoms with Crippen molar-refractivity contribution in [3.05, 3.63) is 34.9 Å². The van der Waals surface area contributed by atoms with Gasteiger partial charge in [-0.2, -0.15) is 0 Å². The molecule has 3 amide bonds. The number of aryl methyl sites for hydroxylation is 2. The maximum absolute atomic E-state index is 13.0. The molecule has 2 aliphatic rings. The molecule has 1 unspecified atom stereocenters. The summed E-state index contributed by atoms with van der Waals surface area (Å²) in [5, 5.41) is 2.64. The molecule has 0 saturated carbocycles. The minimum absolute atomic E-state index is 0.0611. The second-order valence-electron chi connectivity index (χ2n) is 6.86. The van der Waals surface area contributed by atoms with E-state index in [0.29, 0.717) is 31.7 Å². The molecule has 0 aromatic heterocycles. The molecule has 1 aliphatic heterocycles. The van der Waals surface area contributed by atoms with Gasteiger partial charge >= 0.3 is 0 Å². The van der Waals surface area contributed by atoms with Gasteiger partial charge in [0.2, 0.25) is 11.8 Å². The number of carbonyl (C=O) groups is 3. The summed E-state index contributed by atoms with van der Waals surface area (Å²) in [5.74, 6) is -0.676. The van der Waals surface area contributed by atoms with E-state index in [1.807, 2.05) is 18.2 Å². The van der Waals surface area contributed by atoms with Gasteiger partial charge in [-0.1, -0.05) is 6.07 Å². The van der Waals surface area contributed by atoms with E-state index < -0.39 is 5.92 Å². The van der Waals surface area contributed by atoms with Crippen molar-refractivity contribution < 1.29 is 14.4 Å². The first-order valence-corrected chi connectivity index (χ1v) is 8.87. The number of rotatable bonds is 2. The largest absolute Gasteiger partial charge is 0.359 e. The van der Waals surface area contributed by atoms with Crippen LogP contribution in [0.1, 0.15) is 34.8 Å². The zero-order chi connectivity index (χ0) is 18.0. The molecule has 1 fully saturated rings. The molecule has 1 aromatic rings. The maximum Gasteiger partial charge on any atom is 0.253 e. The number of hydrogen-bond acceptors (Lipinski definition) is 3. The van der Waals surface area contributed by atoms with Crippen LogP contribution in [0.25, 0.3) is 0 Å². The molecule has 3 rings (SSSR count). The highest BCUT2D eigenvalue weighted by Crippen LogP contribution is 2.24. The smallest absolute Gasteiger partial charge is 0.253 e. The quantitative estimate of drug-likeness (QED) is 0.865. The number of fused-ring (bicyclic) bond motifs is 1. The molecule has 134 valence electrons. The average Bonchev–Trinajstić information content (AvgIpc) is 2.96. The Kier molecular flexibility index (Phi) is 5.06. The lowest BCUT2D eigenvalue weighted by Crippen LogP contribution is -2.42. The molecule has 0 spiro atoms. The Morgan fingerprint density at radius 2 is 1.72 bits per heavy atom. The summed E-state index contributed by atoms with van der Waals surface area (Å²) in [6.07, 6.45) is 3.25. The van der Waals surface area contributed by atoms with Crippen LogP contribution >= 0.6 is 0 Å². The van der Waals surface area contributed by atoms with Gasteiger partial charge in [0.1, 0.15) is 0 Å². The van der Waals surface area contributed by atoms with Crippen LogP contribution < -0.4 is 5.32 Å². The normalized spacial score (nSPS) is 20.0. The Balaban J connectivity index is 1.81. The van der Waals surface area contributed by atoms with Gasteiger partial charge in [-0.15, -0.1) is 0 Å². The molecule has 1 aromatic carbocycles. The lowest BCUT2D eigenvalue weighted by Gasteiger charge is -2.23. The van der Waals surface area contributed by atoms with E-state index in [9.17, 15) is 14.4 Å². The van der Waals surface area contributed by atoms with E-state index in [1.165, 1.54) is 18.1 Å². The minimum atomic E-state index is -0.408. The average molecular weight is 343 g/mol. The highest BCUT2D eigenvalue weighted by molar-refractivity contribution is 5.95. The molecule has 0 bridgehead atoms. The SMILES string of the molecule is CNC(=O)C1CN(C(C)=O)CCN(C(=O)c2ccc3c(c2)CCC3)C1. The fraction of sp³-hybridized carbons (Fsp3) is 0.526. The van der Waals surface area contributed by atoms with E-state index >= 15 is 0 Å². The van der Waals surface area contributed by atoms with Gasteiger partial charge in [-0.25, -0.2) is 0 Å². The van der Waals surface area contributed by atoms with Gasteiger partial charge in [0.05, 0.1) is 5.92 Å². The fourth-order valence-corrected chi connectivity index (χ4v) is 3.74. The minimum Gasteiger partial charge on any atom is -0.359 e. The molecular weight excluding hydrogens is 318 g/mol. The van der Waals surface area contributed by atoms with Crippen molar-refractivity contribution in [2.45, 2.75) is 26.2 Å². The lowest BCUT2D eigenvalue weighted by atomic mass is 10.0. The first-order valence-electron chi connectivity index (χ1n) is 8.87. The van der Waals surface area contributed by atoms with Crippen LogP contribution in [0.15, 0.2) is 18.2 Å². The Morgan fingerprint density at radius 1 is 1.04 bits per heavy atom. The highest BCUT2D eigenvalue weighted by atomic mass is 16.2. The van der Waals surface area contributed by atoms with Crippen molar-refractivity contribution in [3.8, 4) is 0 Å². The molecular formula is C19H25N3O3. The molecule has 1 saturated heterocycles. The van der Waals surface area contributed by atoms with Gasteiger partial charge in [-0.3, -0.25) is 14.4 Å². The van der Waals surface area contributed by atoms with Crippen LogP contribution in [0.4, 0.5) is 0 Å². The Hall–Kier alpha value is -2.37. The predicted octanol–water partition coefficient (Wildman–Crippen LogP) is 0.842. The Morgan fingerprint density at radius 3 is 2.44 bits per heavy atom. The van der Waals surface area contributed by atoms with E-state index in [2.05, 4.69) is 5.32 Å². The van der Waals surface area contributed by atoms with Gasteiger partial charge in [0.25, 0.3) is 5.91 Å². The summed E-state index contributed by atoms with van der Waals surface area (Å²) in [7, 11) is 1.58. The number of amides is 3. The van der Waals surface area contributed by atoms with Crippen molar-refractivity contribution in [1.29, 1.82) is 0 Å². The maximum atomic E-state index is 13.0. The van der Waals surface area contributed by atoms with Crippen LogP contribution in [0.2, 0.25) is 0 Å². The summed E-state index contributed by atoms with van der Waals surface area (Å²) < 4.78 is 0. The molecule has 1 N–H and O–H groups in total. The number of nitrogens with zero attached hydrogens (tertiary/aromatic N) is 2. The third-order valence-corrected chi connectivity index (χ3v) is 5.22. The zero-order valence-electron chi connectivity index (χ0n) is 14.9. The monoisotopic (exact) mass is 343 g/mol. The van der Waals surface area contributed by atoms with Crippen LogP contribution in [0, 0.1) is 5.92 Å². The van der Waals surface area contributed by atoms with Crippen molar-refractivity contribution in [2.24, 2.45) is 5.92 Å². The fourth-order valence-electron chi connectivity index (χ4n) is 3.74. The molecule has 0 radical (unpaired) electrons. The van der Waals surface area contributed by atoms with Gasteiger partial charge in [0.15, 0.2) is 0 Å². The van der Waals surface area contributed by atoms with E-state index in [-0.39, 0.29) is 17.7 Å². The summed E-state index contributed by atoms with van der Waals surface area (Å²) in [6, 6.07) is 5.92. The standard InChI is InChI=1S/C19H25N3O3/c1-13(23)21-8-9-22(12-17(11-21)18(24)20-2)19(25)16-7-6-14-4-3-5-15(14)10-16/h6-7,10,17H,3-5,8-9,11-12H2,1-2H3,(H,20,24). The van der Waals surface area contributed by atoms with Gasteiger partial charge < -0.3 is 15.1 Å². The number of nitrogens with one attached hydrogen (secondary N) is 1. The topological polar surface area (TPSA) is 69.7 Å². The molecule has 1 aliphatic carbocycles. The van der Waals surface area contributed by atoms with E-state index in [1.54, 1.807) is 16.8 Å². The first kappa shape index (κ1) is 17.5. The summed E-state index contributed by atoms with van der Waals surface area (Å²) >= 11 is 0. The third kappa shape index (κ3) is 3.67. The first-order chi connectivity index (χ1) is 12.0. The lowest BCUT2D eigenvalue weighted by molar-refractivity contribution is -0.130.